The van der Waals surface area contributed by atoms with Crippen LogP contribution in [0.2, 0.25) is 0 Å². The summed E-state index contributed by atoms with van der Waals surface area (Å²) in [6, 6.07) is 6.86. The van der Waals surface area contributed by atoms with Crippen LogP contribution in [0.25, 0.3) is 0 Å². The number of carbonyl (C=O) groups excluding carboxylic acids is 2. The maximum Gasteiger partial charge on any atom is 0.332 e. The predicted octanol–water partition coefficient (Wildman–Crippen LogP) is 1.32. The van der Waals surface area contributed by atoms with Gasteiger partial charge in [-0.3, -0.25) is 4.79 Å². The monoisotopic (exact) mass is 247 g/mol. The maximum absolute atomic E-state index is 12.3. The molecule has 0 bridgehead atoms. The van der Waals surface area contributed by atoms with Crippen molar-refractivity contribution in [3.63, 3.8) is 0 Å². The molecule has 18 heavy (non-hydrogen) atoms. The second-order valence-electron chi connectivity index (χ2n) is 4.92. The minimum atomic E-state index is -0.810. The summed E-state index contributed by atoms with van der Waals surface area (Å²) in [7, 11) is 1.63. The van der Waals surface area contributed by atoms with Crippen molar-refractivity contribution in [2.24, 2.45) is 5.73 Å². The summed E-state index contributed by atoms with van der Waals surface area (Å²) in [6.45, 7) is 3.85. The molecule has 0 atom stereocenters. The number of anilines is 1. The van der Waals surface area contributed by atoms with Crippen LogP contribution in [-0.4, -0.2) is 29.4 Å². The molecule has 96 valence electrons. The van der Waals surface area contributed by atoms with Crippen LogP contribution in [0.4, 0.5) is 10.5 Å². The first kappa shape index (κ1) is 12.6. The third-order valence-corrected chi connectivity index (χ3v) is 3.45. The molecule has 0 saturated carbocycles. The van der Waals surface area contributed by atoms with Crippen LogP contribution < -0.4 is 10.6 Å². The number of urea groups is 1. The first-order valence-electron chi connectivity index (χ1n) is 5.81. The van der Waals surface area contributed by atoms with E-state index in [-0.39, 0.29) is 11.9 Å². The normalized spacial score (nSPS) is 18.7. The predicted molar refractivity (Wildman–Crippen MR) is 69.1 cm³/mol. The van der Waals surface area contributed by atoms with E-state index in [0.717, 1.165) is 5.56 Å². The van der Waals surface area contributed by atoms with Gasteiger partial charge in [-0.2, -0.15) is 0 Å². The van der Waals surface area contributed by atoms with Crippen LogP contribution in [-0.2, 0) is 11.3 Å². The van der Waals surface area contributed by atoms with E-state index in [0.29, 0.717) is 12.2 Å². The zero-order chi connectivity index (χ0) is 13.5. The van der Waals surface area contributed by atoms with Gasteiger partial charge in [0.25, 0.3) is 5.91 Å². The molecule has 2 rings (SSSR count). The molecule has 0 aliphatic carbocycles. The lowest BCUT2D eigenvalue weighted by Crippen LogP contribution is -2.41. The largest absolute Gasteiger partial charge is 0.332 e. The fourth-order valence-corrected chi connectivity index (χ4v) is 1.94. The van der Waals surface area contributed by atoms with E-state index in [9.17, 15) is 9.59 Å². The maximum atomic E-state index is 12.3. The number of nitrogens with two attached hydrogens (primary N) is 1. The Labute approximate surface area is 106 Å². The van der Waals surface area contributed by atoms with E-state index in [1.807, 2.05) is 6.07 Å². The van der Waals surface area contributed by atoms with Crippen molar-refractivity contribution in [3.8, 4) is 0 Å². The van der Waals surface area contributed by atoms with Crippen molar-refractivity contribution in [1.82, 2.24) is 4.90 Å². The van der Waals surface area contributed by atoms with E-state index in [1.165, 1.54) is 9.80 Å². The van der Waals surface area contributed by atoms with Crippen molar-refractivity contribution in [2.45, 2.75) is 25.9 Å². The highest BCUT2D eigenvalue weighted by Gasteiger charge is 2.49. The number of hydrogen-bond acceptors (Lipinski definition) is 3. The first-order chi connectivity index (χ1) is 8.39. The van der Waals surface area contributed by atoms with Gasteiger partial charge in [0.05, 0.1) is 5.69 Å². The molecule has 1 fully saturated rings. The van der Waals surface area contributed by atoms with Gasteiger partial charge in [-0.25, -0.2) is 9.69 Å². The Hall–Kier alpha value is -1.88. The number of carbonyl (C=O) groups is 2. The van der Waals surface area contributed by atoms with Crippen LogP contribution in [0, 0.1) is 0 Å². The Morgan fingerprint density at radius 3 is 2.44 bits per heavy atom. The lowest BCUT2D eigenvalue weighted by molar-refractivity contribution is -0.123. The quantitative estimate of drug-likeness (QED) is 0.801. The van der Waals surface area contributed by atoms with Gasteiger partial charge in [-0.1, -0.05) is 12.1 Å². The Morgan fingerprint density at radius 2 is 1.94 bits per heavy atom. The Kier molecular flexibility index (Phi) is 2.86. The van der Waals surface area contributed by atoms with Gasteiger partial charge >= 0.3 is 6.03 Å². The SMILES string of the molecule is CN1C(=O)N(c2cccc(CN)c2)C(=O)C1(C)C. The van der Waals surface area contributed by atoms with Crippen molar-refractivity contribution in [1.29, 1.82) is 0 Å². The number of hydrogen-bond donors (Lipinski definition) is 1. The smallest absolute Gasteiger partial charge is 0.326 e. The molecule has 1 aromatic rings. The van der Waals surface area contributed by atoms with Crippen LogP contribution >= 0.6 is 0 Å². The van der Waals surface area contributed by atoms with E-state index in [2.05, 4.69) is 0 Å². The average Bonchev–Trinajstić information content (AvgIpc) is 2.51. The zero-order valence-corrected chi connectivity index (χ0v) is 10.8. The third-order valence-electron chi connectivity index (χ3n) is 3.45. The topological polar surface area (TPSA) is 66.6 Å². The van der Waals surface area contributed by atoms with Gasteiger partial charge in [0, 0.05) is 13.6 Å². The molecule has 1 saturated heterocycles. The van der Waals surface area contributed by atoms with Crippen LogP contribution in [0.15, 0.2) is 24.3 Å². The molecule has 1 aliphatic rings. The molecule has 2 N–H and O–H groups in total. The number of imide groups is 1. The van der Waals surface area contributed by atoms with Crippen molar-refractivity contribution < 1.29 is 9.59 Å². The summed E-state index contributed by atoms with van der Waals surface area (Å²) in [5, 5.41) is 0. The second kappa shape index (κ2) is 4.10. The molecule has 1 heterocycles. The van der Waals surface area contributed by atoms with Crippen LogP contribution in [0.3, 0.4) is 0 Å². The minimum absolute atomic E-state index is 0.218. The van der Waals surface area contributed by atoms with Gasteiger partial charge in [-0.15, -0.1) is 0 Å². The van der Waals surface area contributed by atoms with Crippen molar-refractivity contribution in [2.75, 3.05) is 11.9 Å². The Balaban J connectivity index is 2.45. The summed E-state index contributed by atoms with van der Waals surface area (Å²) >= 11 is 0. The fourth-order valence-electron chi connectivity index (χ4n) is 1.94. The van der Waals surface area contributed by atoms with E-state index >= 15 is 0 Å². The number of amides is 3. The van der Waals surface area contributed by atoms with Crippen molar-refractivity contribution >= 4 is 17.6 Å². The molecule has 0 unspecified atom stereocenters. The van der Waals surface area contributed by atoms with Crippen LogP contribution in [0.5, 0.6) is 0 Å². The molecular formula is C13H17N3O2. The van der Waals surface area contributed by atoms with Gasteiger partial charge < -0.3 is 10.6 Å². The number of rotatable bonds is 2. The molecular weight excluding hydrogens is 230 g/mol. The number of nitrogens with zero attached hydrogens (tertiary/aromatic N) is 2. The van der Waals surface area contributed by atoms with Gasteiger partial charge in [0.1, 0.15) is 5.54 Å². The summed E-state index contributed by atoms with van der Waals surface area (Å²) in [4.78, 5) is 27.1. The van der Waals surface area contributed by atoms with Crippen molar-refractivity contribution in [3.05, 3.63) is 29.8 Å². The highest BCUT2D eigenvalue weighted by Crippen LogP contribution is 2.30. The molecule has 0 spiro atoms. The van der Waals surface area contributed by atoms with E-state index < -0.39 is 5.54 Å². The minimum Gasteiger partial charge on any atom is -0.326 e. The average molecular weight is 247 g/mol. The third kappa shape index (κ3) is 1.67. The summed E-state index contributed by atoms with van der Waals surface area (Å²) in [5.41, 5.74) is 6.22. The van der Waals surface area contributed by atoms with Gasteiger partial charge in [0.2, 0.25) is 0 Å². The van der Waals surface area contributed by atoms with Gasteiger partial charge in [-0.05, 0) is 31.5 Å². The zero-order valence-electron chi connectivity index (χ0n) is 10.8. The molecule has 0 aromatic heterocycles. The second-order valence-corrected chi connectivity index (χ2v) is 4.92. The lowest BCUT2D eigenvalue weighted by atomic mass is 10.0. The Bertz CT molecular complexity index is 511. The lowest BCUT2D eigenvalue weighted by Gasteiger charge is -2.22. The van der Waals surface area contributed by atoms with E-state index in [4.69, 9.17) is 5.73 Å². The molecule has 3 amide bonds. The Morgan fingerprint density at radius 1 is 1.28 bits per heavy atom. The molecule has 5 nitrogen and oxygen atoms in total. The number of likely N-dealkylation sites (N-methyl/N-ethyl adjacent to an activating group) is 1. The fraction of sp³-hybridized carbons (Fsp3) is 0.385. The standard InChI is InChI=1S/C13H17N3O2/c1-13(2)11(17)16(12(18)15(13)3)10-6-4-5-9(7-10)8-14/h4-7H,8,14H2,1-3H3. The first-order valence-corrected chi connectivity index (χ1v) is 5.81. The molecule has 5 heteroatoms. The molecule has 1 aliphatic heterocycles. The highest BCUT2D eigenvalue weighted by atomic mass is 16.2. The molecule has 0 radical (unpaired) electrons. The summed E-state index contributed by atoms with van der Waals surface area (Å²) in [5.74, 6) is -0.218. The molecule has 1 aromatic carbocycles. The van der Waals surface area contributed by atoms with Crippen LogP contribution in [0.1, 0.15) is 19.4 Å². The number of benzene rings is 1. The summed E-state index contributed by atoms with van der Waals surface area (Å²) < 4.78 is 0. The van der Waals surface area contributed by atoms with E-state index in [1.54, 1.807) is 39.1 Å². The van der Waals surface area contributed by atoms with Gasteiger partial charge in [0.15, 0.2) is 0 Å². The highest BCUT2D eigenvalue weighted by molar-refractivity contribution is 6.22. The summed E-state index contributed by atoms with van der Waals surface area (Å²) in [6.07, 6.45) is 0.